The molecule has 0 aromatic heterocycles. The van der Waals surface area contributed by atoms with E-state index in [9.17, 15) is 8.78 Å². The Morgan fingerprint density at radius 2 is 2.12 bits per heavy atom. The number of piperazine rings is 1. The minimum absolute atomic E-state index is 0.171. The Bertz CT molecular complexity index is 505. The van der Waals surface area contributed by atoms with Gasteiger partial charge in [-0.1, -0.05) is 6.58 Å². The van der Waals surface area contributed by atoms with Gasteiger partial charge in [-0.3, -0.25) is 0 Å². The molecule has 2 rings (SSSR count). The lowest BCUT2D eigenvalue weighted by Gasteiger charge is -2.31. The van der Waals surface area contributed by atoms with Crippen molar-refractivity contribution in [3.63, 3.8) is 0 Å². The fourth-order valence-corrected chi connectivity index (χ4v) is 1.80. The Morgan fingerprint density at radius 1 is 1.35 bits per heavy atom. The van der Waals surface area contributed by atoms with Crippen LogP contribution in [0, 0.1) is 23.0 Å². The first kappa shape index (κ1) is 11.4. The van der Waals surface area contributed by atoms with Crippen LogP contribution in [0.2, 0.25) is 0 Å². The summed E-state index contributed by atoms with van der Waals surface area (Å²) in [6.45, 7) is 5.40. The number of nitriles is 1. The van der Waals surface area contributed by atoms with Crippen LogP contribution in [0.1, 0.15) is 5.56 Å². The molecule has 88 valence electrons. The van der Waals surface area contributed by atoms with E-state index in [1.54, 1.807) is 11.0 Å². The molecule has 0 unspecified atom stereocenters. The van der Waals surface area contributed by atoms with E-state index in [1.807, 2.05) is 0 Å². The molecule has 0 spiro atoms. The topological polar surface area (TPSA) is 39.1 Å². The molecular weight excluding hydrogens is 224 g/mol. The number of halogens is 2. The highest BCUT2D eigenvalue weighted by Gasteiger charge is 2.18. The van der Waals surface area contributed by atoms with Crippen molar-refractivity contribution >= 4 is 5.69 Å². The van der Waals surface area contributed by atoms with Gasteiger partial charge in [-0.2, -0.15) is 5.26 Å². The summed E-state index contributed by atoms with van der Waals surface area (Å²) in [7, 11) is 0. The molecule has 0 saturated carbocycles. The molecule has 1 aliphatic rings. The minimum Gasteiger partial charge on any atom is -0.386 e. The van der Waals surface area contributed by atoms with E-state index >= 15 is 0 Å². The van der Waals surface area contributed by atoms with Crippen LogP contribution in [0.4, 0.5) is 14.5 Å². The van der Waals surface area contributed by atoms with Gasteiger partial charge in [0.05, 0.1) is 17.8 Å². The maximum Gasteiger partial charge on any atom is 0.148 e. The first-order valence-corrected chi connectivity index (χ1v) is 5.17. The lowest BCUT2D eigenvalue weighted by Crippen LogP contribution is -2.42. The van der Waals surface area contributed by atoms with E-state index in [4.69, 9.17) is 5.26 Å². The molecule has 0 radical (unpaired) electrons. The van der Waals surface area contributed by atoms with Crippen LogP contribution in [-0.2, 0) is 0 Å². The Morgan fingerprint density at radius 3 is 2.76 bits per heavy atom. The molecule has 1 aliphatic heterocycles. The normalized spacial score (nSPS) is 15.4. The summed E-state index contributed by atoms with van der Waals surface area (Å²) in [5.41, 5.74) is 0.657. The number of benzene rings is 1. The molecule has 0 bridgehead atoms. The summed E-state index contributed by atoms with van der Waals surface area (Å²) < 4.78 is 27.1. The summed E-state index contributed by atoms with van der Waals surface area (Å²) in [5, 5.41) is 11.6. The van der Waals surface area contributed by atoms with Crippen LogP contribution in [0.3, 0.4) is 0 Å². The van der Waals surface area contributed by atoms with Crippen molar-refractivity contribution in [3.05, 3.63) is 41.6 Å². The summed E-state index contributed by atoms with van der Waals surface area (Å²) in [5.74, 6) is -1.29. The third-order valence-corrected chi connectivity index (χ3v) is 2.64. The number of rotatable bonds is 1. The molecule has 1 saturated heterocycles. The quantitative estimate of drug-likeness (QED) is 0.806. The Balaban J connectivity index is 2.36. The highest BCUT2D eigenvalue weighted by molar-refractivity contribution is 5.53. The summed E-state index contributed by atoms with van der Waals surface area (Å²) >= 11 is 0. The lowest BCUT2D eigenvalue weighted by molar-refractivity contribution is 0.581. The smallest absolute Gasteiger partial charge is 0.148 e. The number of hydrogen-bond donors (Lipinski definition) is 1. The zero-order valence-corrected chi connectivity index (χ0v) is 9.13. The van der Waals surface area contributed by atoms with Crippen LogP contribution in [0.25, 0.3) is 0 Å². The minimum atomic E-state index is -0.701. The number of hydrogen-bond acceptors (Lipinski definition) is 3. The van der Waals surface area contributed by atoms with Crippen molar-refractivity contribution in [1.29, 1.82) is 5.26 Å². The predicted octanol–water partition coefficient (Wildman–Crippen LogP) is 1.76. The van der Waals surface area contributed by atoms with Crippen molar-refractivity contribution in [2.45, 2.75) is 0 Å². The van der Waals surface area contributed by atoms with Gasteiger partial charge in [0.25, 0.3) is 0 Å². The van der Waals surface area contributed by atoms with E-state index in [1.165, 1.54) is 0 Å². The lowest BCUT2D eigenvalue weighted by atomic mass is 10.1. The highest BCUT2D eigenvalue weighted by Crippen LogP contribution is 2.24. The number of nitrogens with one attached hydrogen (secondary N) is 1. The standard InChI is InChI=1S/C12H11F2N3/c1-8-7-17(3-2-16-8)12-5-10(13)9(6-15)4-11(12)14/h4-5,16H,1-3,7H2. The van der Waals surface area contributed by atoms with Crippen molar-refractivity contribution < 1.29 is 8.78 Å². The van der Waals surface area contributed by atoms with Crippen LogP contribution in [0.5, 0.6) is 0 Å². The third-order valence-electron chi connectivity index (χ3n) is 2.64. The van der Waals surface area contributed by atoms with Crippen LogP contribution in [0.15, 0.2) is 24.4 Å². The highest BCUT2D eigenvalue weighted by atomic mass is 19.1. The van der Waals surface area contributed by atoms with Crippen LogP contribution >= 0.6 is 0 Å². The zero-order chi connectivity index (χ0) is 12.4. The first-order valence-electron chi connectivity index (χ1n) is 5.17. The monoisotopic (exact) mass is 235 g/mol. The molecule has 1 aromatic rings. The fourth-order valence-electron chi connectivity index (χ4n) is 1.80. The molecule has 17 heavy (non-hydrogen) atoms. The second-order valence-electron chi connectivity index (χ2n) is 3.85. The summed E-state index contributed by atoms with van der Waals surface area (Å²) in [6.07, 6.45) is 0. The molecule has 5 heteroatoms. The predicted molar refractivity (Wildman–Crippen MR) is 60.4 cm³/mol. The average molecular weight is 235 g/mol. The van der Waals surface area contributed by atoms with Crippen molar-refractivity contribution in [2.24, 2.45) is 0 Å². The van der Waals surface area contributed by atoms with E-state index in [-0.39, 0.29) is 11.3 Å². The molecule has 1 aromatic carbocycles. The van der Waals surface area contributed by atoms with Gasteiger partial charge in [0.15, 0.2) is 0 Å². The molecule has 0 amide bonds. The van der Waals surface area contributed by atoms with Crippen molar-refractivity contribution in [1.82, 2.24) is 5.32 Å². The van der Waals surface area contributed by atoms with Gasteiger partial charge in [-0.25, -0.2) is 8.78 Å². The van der Waals surface area contributed by atoms with E-state index in [0.717, 1.165) is 17.8 Å². The van der Waals surface area contributed by atoms with Crippen LogP contribution < -0.4 is 10.2 Å². The molecule has 1 N–H and O–H groups in total. The van der Waals surface area contributed by atoms with Crippen molar-refractivity contribution in [2.75, 3.05) is 24.5 Å². The Kier molecular flexibility index (Phi) is 2.96. The maximum atomic E-state index is 13.7. The van der Waals surface area contributed by atoms with Gasteiger partial charge < -0.3 is 10.2 Å². The zero-order valence-electron chi connectivity index (χ0n) is 9.13. The van der Waals surface area contributed by atoms with E-state index < -0.39 is 11.6 Å². The summed E-state index contributed by atoms with van der Waals surface area (Å²) in [6, 6.07) is 3.60. The van der Waals surface area contributed by atoms with Gasteiger partial charge in [-0.15, -0.1) is 0 Å². The fraction of sp³-hybridized carbons (Fsp3) is 0.250. The molecule has 0 aliphatic carbocycles. The van der Waals surface area contributed by atoms with Gasteiger partial charge in [0, 0.05) is 24.9 Å². The van der Waals surface area contributed by atoms with Gasteiger partial charge in [0.2, 0.25) is 0 Å². The largest absolute Gasteiger partial charge is 0.386 e. The van der Waals surface area contributed by atoms with Gasteiger partial charge >= 0.3 is 0 Å². The van der Waals surface area contributed by atoms with E-state index in [2.05, 4.69) is 11.9 Å². The van der Waals surface area contributed by atoms with Gasteiger partial charge in [-0.05, 0) is 6.07 Å². The SMILES string of the molecule is C=C1CN(c2cc(F)c(C#N)cc2F)CCN1. The van der Waals surface area contributed by atoms with Crippen molar-refractivity contribution in [3.8, 4) is 6.07 Å². The molecule has 1 heterocycles. The average Bonchev–Trinajstić information content (AvgIpc) is 2.31. The Hall–Kier alpha value is -2.09. The molecule has 0 atom stereocenters. The number of nitrogens with zero attached hydrogens (tertiary/aromatic N) is 2. The Labute approximate surface area is 98.0 Å². The molecule has 1 fully saturated rings. The second-order valence-corrected chi connectivity index (χ2v) is 3.85. The van der Waals surface area contributed by atoms with Crippen LogP contribution in [-0.4, -0.2) is 19.6 Å². The van der Waals surface area contributed by atoms with E-state index in [0.29, 0.717) is 19.6 Å². The summed E-state index contributed by atoms with van der Waals surface area (Å²) in [4.78, 5) is 1.69. The second kappa shape index (κ2) is 4.42. The van der Waals surface area contributed by atoms with Gasteiger partial charge in [0.1, 0.15) is 17.7 Å². The third kappa shape index (κ3) is 2.21. The number of anilines is 1. The maximum absolute atomic E-state index is 13.7. The first-order chi connectivity index (χ1) is 8.11. The molecule has 3 nitrogen and oxygen atoms in total. The molecular formula is C12H11F2N3.